The number of nitrogens with zero attached hydrogens (tertiary/aromatic N) is 1. The third kappa shape index (κ3) is 3.02. The summed E-state index contributed by atoms with van der Waals surface area (Å²) >= 11 is 0. The number of piperidine rings is 1. The van der Waals surface area contributed by atoms with Crippen molar-refractivity contribution in [3.8, 4) is 0 Å². The second kappa shape index (κ2) is 6.28. The zero-order valence-electron chi connectivity index (χ0n) is 12.5. The molecule has 0 aromatic heterocycles. The normalized spacial score (nSPS) is 19.2. The monoisotopic (exact) mass is 296 g/mol. The molecule has 1 heterocycles. The molecule has 2 N–H and O–H groups in total. The lowest BCUT2D eigenvalue weighted by Gasteiger charge is -2.31. The lowest BCUT2D eigenvalue weighted by atomic mass is 9.88. The van der Waals surface area contributed by atoms with Crippen LogP contribution in [0.5, 0.6) is 0 Å². The number of ketones is 1. The Morgan fingerprint density at radius 1 is 1.14 bits per heavy atom. The van der Waals surface area contributed by atoms with Crippen molar-refractivity contribution in [2.75, 3.05) is 19.6 Å². The van der Waals surface area contributed by atoms with E-state index in [1.807, 2.05) is 47.4 Å². The molecule has 1 fully saturated rings. The molecule has 4 heteroatoms. The number of likely N-dealkylation sites (tertiary alicyclic amines) is 1. The fraction of sp³-hybridized carbons (Fsp3) is 0.333. The summed E-state index contributed by atoms with van der Waals surface area (Å²) in [4.78, 5) is 26.0. The van der Waals surface area contributed by atoms with E-state index in [0.717, 1.165) is 35.7 Å². The van der Waals surface area contributed by atoms with Crippen LogP contribution in [0.25, 0.3) is 10.8 Å². The molecule has 2 aromatic rings. The first-order chi connectivity index (χ1) is 10.6. The van der Waals surface area contributed by atoms with Crippen LogP contribution in [-0.4, -0.2) is 36.2 Å². The summed E-state index contributed by atoms with van der Waals surface area (Å²) in [5.74, 6) is -0.219. The highest BCUT2D eigenvalue weighted by molar-refractivity contribution is 6.09. The van der Waals surface area contributed by atoms with E-state index < -0.39 is 0 Å². The van der Waals surface area contributed by atoms with Gasteiger partial charge in [0.05, 0.1) is 6.54 Å². The van der Waals surface area contributed by atoms with E-state index in [4.69, 9.17) is 5.73 Å². The molecule has 1 saturated heterocycles. The summed E-state index contributed by atoms with van der Waals surface area (Å²) in [6, 6.07) is 13.8. The quantitative estimate of drug-likeness (QED) is 0.880. The molecule has 1 amide bonds. The van der Waals surface area contributed by atoms with Gasteiger partial charge in [0, 0.05) is 18.0 Å². The predicted octanol–water partition coefficient (Wildman–Crippen LogP) is 2.22. The molecule has 1 aliphatic rings. The minimum absolute atomic E-state index is 0.0566. The third-order valence-corrected chi connectivity index (χ3v) is 4.31. The van der Waals surface area contributed by atoms with Gasteiger partial charge in [0.2, 0.25) is 5.91 Å². The fourth-order valence-electron chi connectivity index (χ4n) is 3.29. The van der Waals surface area contributed by atoms with Crippen molar-refractivity contribution in [1.82, 2.24) is 4.90 Å². The van der Waals surface area contributed by atoms with Crippen LogP contribution < -0.4 is 5.73 Å². The minimum Gasteiger partial charge on any atom is -0.369 e. The van der Waals surface area contributed by atoms with Gasteiger partial charge >= 0.3 is 0 Å². The average Bonchev–Trinajstić information content (AvgIpc) is 2.53. The Morgan fingerprint density at radius 2 is 1.91 bits per heavy atom. The topological polar surface area (TPSA) is 63.4 Å². The Bertz CT molecular complexity index is 706. The molecule has 0 saturated carbocycles. The summed E-state index contributed by atoms with van der Waals surface area (Å²) in [5, 5.41) is 2.08. The first kappa shape index (κ1) is 14.7. The van der Waals surface area contributed by atoms with Gasteiger partial charge in [-0.1, -0.05) is 42.5 Å². The number of nitrogens with two attached hydrogens (primary N) is 1. The van der Waals surface area contributed by atoms with Crippen LogP contribution >= 0.6 is 0 Å². The van der Waals surface area contributed by atoms with Crippen molar-refractivity contribution >= 4 is 22.5 Å². The number of benzene rings is 2. The molecule has 0 unspecified atom stereocenters. The van der Waals surface area contributed by atoms with E-state index >= 15 is 0 Å². The number of fused-ring (bicyclic) bond motifs is 1. The van der Waals surface area contributed by atoms with Gasteiger partial charge in [0.1, 0.15) is 0 Å². The lowest BCUT2D eigenvalue weighted by molar-refractivity contribution is -0.119. The van der Waals surface area contributed by atoms with Crippen LogP contribution in [0.3, 0.4) is 0 Å². The van der Waals surface area contributed by atoms with E-state index in [-0.39, 0.29) is 24.2 Å². The van der Waals surface area contributed by atoms with Crippen LogP contribution in [0.1, 0.15) is 23.2 Å². The van der Waals surface area contributed by atoms with Crippen LogP contribution in [-0.2, 0) is 4.79 Å². The standard InChI is InChI=1S/C18H20N2O2/c19-17(21)12-20-10-4-7-14(11-20)18(22)16-9-3-6-13-5-1-2-8-15(13)16/h1-3,5-6,8-9,14H,4,7,10-12H2,(H2,19,21)/t14-/m1/s1. The Balaban J connectivity index is 1.84. The zero-order valence-corrected chi connectivity index (χ0v) is 12.5. The van der Waals surface area contributed by atoms with Gasteiger partial charge in [-0.15, -0.1) is 0 Å². The third-order valence-electron chi connectivity index (χ3n) is 4.31. The summed E-state index contributed by atoms with van der Waals surface area (Å²) in [6.07, 6.45) is 1.80. The first-order valence-electron chi connectivity index (χ1n) is 7.68. The highest BCUT2D eigenvalue weighted by Gasteiger charge is 2.27. The number of hydrogen-bond donors (Lipinski definition) is 1. The second-order valence-corrected chi connectivity index (χ2v) is 5.93. The van der Waals surface area contributed by atoms with Crippen molar-refractivity contribution in [2.24, 2.45) is 11.7 Å². The van der Waals surface area contributed by atoms with E-state index in [2.05, 4.69) is 0 Å². The molecule has 3 rings (SSSR count). The molecule has 0 bridgehead atoms. The van der Waals surface area contributed by atoms with Crippen LogP contribution in [0.2, 0.25) is 0 Å². The molecule has 22 heavy (non-hydrogen) atoms. The summed E-state index contributed by atoms with van der Waals surface area (Å²) in [5.41, 5.74) is 6.05. The summed E-state index contributed by atoms with van der Waals surface area (Å²) in [7, 11) is 0. The van der Waals surface area contributed by atoms with E-state index in [1.54, 1.807) is 0 Å². The first-order valence-corrected chi connectivity index (χ1v) is 7.68. The maximum Gasteiger partial charge on any atom is 0.231 e. The number of hydrogen-bond acceptors (Lipinski definition) is 3. The molecule has 0 spiro atoms. The molecule has 2 aromatic carbocycles. The maximum atomic E-state index is 12.9. The summed E-state index contributed by atoms with van der Waals surface area (Å²) < 4.78 is 0. The van der Waals surface area contributed by atoms with Crippen molar-refractivity contribution in [3.05, 3.63) is 48.0 Å². The Hall–Kier alpha value is -2.20. The maximum absolute atomic E-state index is 12.9. The van der Waals surface area contributed by atoms with Crippen LogP contribution in [0.4, 0.5) is 0 Å². The molecule has 1 aliphatic heterocycles. The van der Waals surface area contributed by atoms with Gasteiger partial charge in [0.15, 0.2) is 5.78 Å². The van der Waals surface area contributed by atoms with Gasteiger partial charge in [-0.2, -0.15) is 0 Å². The molecular formula is C18H20N2O2. The number of carbonyl (C=O) groups excluding carboxylic acids is 2. The zero-order chi connectivity index (χ0) is 15.5. The number of amides is 1. The predicted molar refractivity (Wildman–Crippen MR) is 86.6 cm³/mol. The van der Waals surface area contributed by atoms with E-state index in [9.17, 15) is 9.59 Å². The molecule has 114 valence electrons. The van der Waals surface area contributed by atoms with Crippen molar-refractivity contribution in [1.29, 1.82) is 0 Å². The number of Topliss-reactive ketones (excluding diaryl/α,β-unsaturated/α-hetero) is 1. The second-order valence-electron chi connectivity index (χ2n) is 5.93. The Morgan fingerprint density at radius 3 is 2.73 bits per heavy atom. The van der Waals surface area contributed by atoms with Gasteiger partial charge < -0.3 is 5.73 Å². The van der Waals surface area contributed by atoms with Crippen molar-refractivity contribution < 1.29 is 9.59 Å². The minimum atomic E-state index is -0.335. The number of carbonyl (C=O) groups is 2. The van der Waals surface area contributed by atoms with E-state index in [0.29, 0.717) is 6.54 Å². The van der Waals surface area contributed by atoms with Gasteiger partial charge in [-0.05, 0) is 30.2 Å². The largest absolute Gasteiger partial charge is 0.369 e. The molecule has 0 radical (unpaired) electrons. The molecular weight excluding hydrogens is 276 g/mol. The van der Waals surface area contributed by atoms with Gasteiger partial charge in [-0.3, -0.25) is 14.5 Å². The molecule has 0 aliphatic carbocycles. The van der Waals surface area contributed by atoms with Crippen molar-refractivity contribution in [2.45, 2.75) is 12.8 Å². The average molecular weight is 296 g/mol. The van der Waals surface area contributed by atoms with Crippen LogP contribution in [0.15, 0.2) is 42.5 Å². The highest BCUT2D eigenvalue weighted by atomic mass is 16.1. The fourth-order valence-corrected chi connectivity index (χ4v) is 3.29. The van der Waals surface area contributed by atoms with Gasteiger partial charge in [0.25, 0.3) is 0 Å². The smallest absolute Gasteiger partial charge is 0.231 e. The SMILES string of the molecule is NC(=O)CN1CCC[C@@H](C(=O)c2cccc3ccccc23)C1. The molecule has 1 atom stereocenters. The summed E-state index contributed by atoms with van der Waals surface area (Å²) in [6.45, 7) is 1.69. The van der Waals surface area contributed by atoms with E-state index in [1.165, 1.54) is 0 Å². The lowest BCUT2D eigenvalue weighted by Crippen LogP contribution is -2.42. The van der Waals surface area contributed by atoms with Crippen LogP contribution in [0, 0.1) is 5.92 Å². The van der Waals surface area contributed by atoms with Crippen molar-refractivity contribution in [3.63, 3.8) is 0 Å². The Labute approximate surface area is 129 Å². The number of rotatable bonds is 4. The van der Waals surface area contributed by atoms with Gasteiger partial charge in [-0.25, -0.2) is 0 Å². The number of primary amides is 1. The molecule has 4 nitrogen and oxygen atoms in total. The Kier molecular flexibility index (Phi) is 4.20. The highest BCUT2D eigenvalue weighted by Crippen LogP contribution is 2.25.